The van der Waals surface area contributed by atoms with E-state index < -0.39 is 0 Å². The van der Waals surface area contributed by atoms with Gasteiger partial charge in [-0.1, -0.05) is 13.8 Å². The molecule has 0 heterocycles. The average molecular weight is 281 g/mol. The third-order valence-corrected chi connectivity index (χ3v) is 2.94. The number of nitro benzene ring substituents is 1. The first-order valence-electron chi connectivity index (χ1n) is 6.89. The second-order valence-corrected chi connectivity index (χ2v) is 4.66. The Hall–Kier alpha value is -1.82. The molecule has 1 rings (SSSR count). The number of benzene rings is 1. The second-order valence-electron chi connectivity index (χ2n) is 4.66. The summed E-state index contributed by atoms with van der Waals surface area (Å²) in [6, 6.07) is 5.13. The molecule has 1 atom stereocenters. The van der Waals surface area contributed by atoms with Crippen molar-refractivity contribution in [3.05, 3.63) is 28.3 Å². The van der Waals surface area contributed by atoms with Crippen molar-refractivity contribution < 1.29 is 9.66 Å². The summed E-state index contributed by atoms with van der Waals surface area (Å²) in [5.41, 5.74) is 1.58. The molecule has 1 aromatic carbocycles. The van der Waals surface area contributed by atoms with Crippen molar-refractivity contribution in [3.63, 3.8) is 0 Å². The largest absolute Gasteiger partial charge is 0.385 e. The predicted molar refractivity (Wildman–Crippen MR) is 81.5 cm³/mol. The molecule has 2 N–H and O–H groups in total. The molecular weight excluding hydrogens is 258 g/mol. The maximum atomic E-state index is 11.0. The molecule has 0 saturated heterocycles. The van der Waals surface area contributed by atoms with Crippen LogP contribution in [-0.4, -0.2) is 31.2 Å². The molecule has 0 aliphatic carbocycles. The van der Waals surface area contributed by atoms with Gasteiger partial charge in [0.25, 0.3) is 5.69 Å². The minimum Gasteiger partial charge on any atom is -0.385 e. The van der Waals surface area contributed by atoms with Gasteiger partial charge in [0.1, 0.15) is 0 Å². The van der Waals surface area contributed by atoms with Crippen LogP contribution < -0.4 is 10.6 Å². The normalized spacial score (nSPS) is 11.9. The van der Waals surface area contributed by atoms with Crippen LogP contribution in [0.1, 0.15) is 26.7 Å². The van der Waals surface area contributed by atoms with E-state index in [0.717, 1.165) is 30.8 Å². The van der Waals surface area contributed by atoms with Gasteiger partial charge in [0.05, 0.1) is 11.5 Å². The van der Waals surface area contributed by atoms with Gasteiger partial charge < -0.3 is 15.4 Å². The summed E-state index contributed by atoms with van der Waals surface area (Å²) in [4.78, 5) is 10.6. The van der Waals surface area contributed by atoms with Crippen LogP contribution in [0.2, 0.25) is 0 Å². The van der Waals surface area contributed by atoms with Crippen molar-refractivity contribution in [2.24, 2.45) is 0 Å². The van der Waals surface area contributed by atoms with Crippen molar-refractivity contribution in [3.8, 4) is 0 Å². The van der Waals surface area contributed by atoms with Gasteiger partial charge in [-0.3, -0.25) is 10.1 Å². The summed E-state index contributed by atoms with van der Waals surface area (Å²) in [6.45, 7) is 5.45. The number of nitrogens with zero attached hydrogens (tertiary/aromatic N) is 1. The standard InChI is InChI=1S/C14H23N3O3/c1-4-6-15-12-7-13(9-14(8-12)17(18)19)16-11(5-2)10-20-3/h7-9,11,15-16H,4-6,10H2,1-3H3. The van der Waals surface area contributed by atoms with Crippen molar-refractivity contribution in [2.75, 3.05) is 30.9 Å². The zero-order chi connectivity index (χ0) is 15.0. The van der Waals surface area contributed by atoms with Gasteiger partial charge in [0.2, 0.25) is 0 Å². The Labute approximate surface area is 119 Å². The van der Waals surface area contributed by atoms with E-state index in [0.29, 0.717) is 6.61 Å². The lowest BCUT2D eigenvalue weighted by molar-refractivity contribution is -0.384. The number of nitrogens with one attached hydrogen (secondary N) is 2. The zero-order valence-corrected chi connectivity index (χ0v) is 12.3. The Morgan fingerprint density at radius 1 is 1.30 bits per heavy atom. The first-order valence-corrected chi connectivity index (χ1v) is 6.89. The summed E-state index contributed by atoms with van der Waals surface area (Å²) in [6.07, 6.45) is 1.85. The number of methoxy groups -OCH3 is 1. The number of hydrogen-bond donors (Lipinski definition) is 2. The van der Waals surface area contributed by atoms with E-state index in [2.05, 4.69) is 17.6 Å². The molecule has 1 aromatic rings. The Morgan fingerprint density at radius 2 is 2.00 bits per heavy atom. The lowest BCUT2D eigenvalue weighted by atomic mass is 10.2. The van der Waals surface area contributed by atoms with Gasteiger partial charge >= 0.3 is 0 Å². The minimum absolute atomic E-state index is 0.0841. The number of hydrogen-bond acceptors (Lipinski definition) is 5. The number of nitro groups is 1. The van der Waals surface area contributed by atoms with Gasteiger partial charge in [-0.15, -0.1) is 0 Å². The molecule has 0 aliphatic rings. The molecule has 0 aromatic heterocycles. The van der Waals surface area contributed by atoms with Crippen LogP contribution in [-0.2, 0) is 4.74 Å². The summed E-state index contributed by atoms with van der Waals surface area (Å²) in [7, 11) is 1.64. The third kappa shape index (κ3) is 5.05. The Balaban J connectivity index is 2.92. The van der Waals surface area contributed by atoms with E-state index in [1.165, 1.54) is 0 Å². The number of ether oxygens (including phenoxy) is 1. The maximum Gasteiger partial charge on any atom is 0.273 e. The van der Waals surface area contributed by atoms with Gasteiger partial charge in [-0.2, -0.15) is 0 Å². The fourth-order valence-electron chi connectivity index (χ4n) is 1.87. The SMILES string of the molecule is CCCNc1cc(NC(CC)COC)cc([N+](=O)[O-])c1. The van der Waals surface area contributed by atoms with Crippen LogP contribution in [0.15, 0.2) is 18.2 Å². The maximum absolute atomic E-state index is 11.0. The van der Waals surface area contributed by atoms with Gasteiger partial charge in [-0.05, 0) is 18.9 Å². The van der Waals surface area contributed by atoms with Crippen LogP contribution in [0.3, 0.4) is 0 Å². The highest BCUT2D eigenvalue weighted by molar-refractivity contribution is 5.63. The number of anilines is 2. The average Bonchev–Trinajstić information content (AvgIpc) is 2.44. The number of non-ortho nitro benzene ring substituents is 1. The molecular formula is C14H23N3O3. The molecule has 0 fully saturated rings. The molecule has 0 bridgehead atoms. The molecule has 6 heteroatoms. The molecule has 0 spiro atoms. The minimum atomic E-state index is -0.375. The van der Waals surface area contributed by atoms with Crippen LogP contribution >= 0.6 is 0 Å². The van der Waals surface area contributed by atoms with Gasteiger partial charge in [0, 0.05) is 43.2 Å². The van der Waals surface area contributed by atoms with Crippen LogP contribution in [0.4, 0.5) is 17.1 Å². The smallest absolute Gasteiger partial charge is 0.273 e. The van der Waals surface area contributed by atoms with Crippen molar-refractivity contribution >= 4 is 17.1 Å². The second kappa shape index (κ2) is 8.37. The monoisotopic (exact) mass is 281 g/mol. The highest BCUT2D eigenvalue weighted by Crippen LogP contribution is 2.25. The first kappa shape index (κ1) is 16.2. The topological polar surface area (TPSA) is 76.4 Å². The lowest BCUT2D eigenvalue weighted by Crippen LogP contribution is -2.23. The lowest BCUT2D eigenvalue weighted by Gasteiger charge is -2.18. The predicted octanol–water partition coefficient (Wildman–Crippen LogP) is 3.25. The van der Waals surface area contributed by atoms with Crippen LogP contribution in [0.25, 0.3) is 0 Å². The third-order valence-electron chi connectivity index (χ3n) is 2.94. The quantitative estimate of drug-likeness (QED) is 0.536. The first-order chi connectivity index (χ1) is 9.60. The molecule has 0 radical (unpaired) electrons. The van der Waals surface area contributed by atoms with Crippen molar-refractivity contribution in [1.29, 1.82) is 0 Å². The molecule has 0 amide bonds. The highest BCUT2D eigenvalue weighted by atomic mass is 16.6. The van der Waals surface area contributed by atoms with Crippen molar-refractivity contribution in [1.82, 2.24) is 0 Å². The van der Waals surface area contributed by atoms with Crippen LogP contribution in [0.5, 0.6) is 0 Å². The molecule has 6 nitrogen and oxygen atoms in total. The molecule has 20 heavy (non-hydrogen) atoms. The summed E-state index contributed by atoms with van der Waals surface area (Å²) >= 11 is 0. The Bertz CT molecular complexity index is 438. The van der Waals surface area contributed by atoms with Crippen LogP contribution in [0, 0.1) is 10.1 Å². The van der Waals surface area contributed by atoms with Crippen molar-refractivity contribution in [2.45, 2.75) is 32.7 Å². The van der Waals surface area contributed by atoms with E-state index in [-0.39, 0.29) is 16.7 Å². The fourth-order valence-corrected chi connectivity index (χ4v) is 1.87. The summed E-state index contributed by atoms with van der Waals surface area (Å²) in [5.74, 6) is 0. The molecule has 0 saturated carbocycles. The Morgan fingerprint density at radius 3 is 2.55 bits per heavy atom. The van der Waals surface area contributed by atoms with E-state index in [1.807, 2.05) is 13.0 Å². The van der Waals surface area contributed by atoms with E-state index in [9.17, 15) is 10.1 Å². The summed E-state index contributed by atoms with van der Waals surface area (Å²) in [5, 5.41) is 17.4. The van der Waals surface area contributed by atoms with Gasteiger partial charge in [-0.25, -0.2) is 0 Å². The zero-order valence-electron chi connectivity index (χ0n) is 12.3. The number of rotatable bonds is 9. The summed E-state index contributed by atoms with van der Waals surface area (Å²) < 4.78 is 5.13. The fraction of sp³-hybridized carbons (Fsp3) is 0.571. The highest BCUT2D eigenvalue weighted by Gasteiger charge is 2.12. The molecule has 0 aliphatic heterocycles. The van der Waals surface area contributed by atoms with E-state index >= 15 is 0 Å². The molecule has 1 unspecified atom stereocenters. The molecule has 112 valence electrons. The van der Waals surface area contributed by atoms with E-state index in [1.54, 1.807) is 19.2 Å². The van der Waals surface area contributed by atoms with E-state index in [4.69, 9.17) is 4.74 Å². The van der Waals surface area contributed by atoms with Gasteiger partial charge in [0.15, 0.2) is 0 Å². The Kier molecular flexibility index (Phi) is 6.79.